The van der Waals surface area contributed by atoms with Gasteiger partial charge in [0.2, 0.25) is 0 Å². The third-order valence-electron chi connectivity index (χ3n) is 2.09. The summed E-state index contributed by atoms with van der Waals surface area (Å²) in [5, 5.41) is 12.8. The SMILES string of the molecule is Cl.O=C1N[C@H](c2c(O)cc(Cl)cc2Cl)CO1. The number of alkyl carbamates (subject to hydrolysis) is 1. The Hall–Kier alpha value is -0.840. The first-order valence-electron chi connectivity index (χ1n) is 4.19. The molecule has 0 spiro atoms. The lowest BCUT2D eigenvalue weighted by Gasteiger charge is -2.12. The van der Waals surface area contributed by atoms with Gasteiger partial charge in [0.1, 0.15) is 12.4 Å². The molecule has 1 atom stereocenters. The molecule has 1 amide bonds. The highest BCUT2D eigenvalue weighted by molar-refractivity contribution is 6.35. The Kier molecular flexibility index (Phi) is 4.13. The molecule has 1 aromatic rings. The second-order valence-electron chi connectivity index (χ2n) is 3.12. The van der Waals surface area contributed by atoms with Crippen LogP contribution in [0, 0.1) is 0 Å². The van der Waals surface area contributed by atoms with Crippen molar-refractivity contribution in [1.82, 2.24) is 5.32 Å². The van der Waals surface area contributed by atoms with Gasteiger partial charge in [-0.05, 0) is 12.1 Å². The van der Waals surface area contributed by atoms with Crippen molar-refractivity contribution in [3.8, 4) is 5.75 Å². The minimum absolute atomic E-state index is 0. The maximum atomic E-state index is 10.8. The van der Waals surface area contributed by atoms with Crippen molar-refractivity contribution in [2.45, 2.75) is 6.04 Å². The molecule has 0 saturated carbocycles. The molecule has 1 aliphatic rings. The van der Waals surface area contributed by atoms with Crippen LogP contribution in [0.5, 0.6) is 5.75 Å². The number of nitrogens with one attached hydrogen (secondary N) is 1. The molecule has 0 aromatic heterocycles. The van der Waals surface area contributed by atoms with E-state index in [1.165, 1.54) is 12.1 Å². The second kappa shape index (κ2) is 4.99. The molecule has 7 heteroatoms. The number of amides is 1. The van der Waals surface area contributed by atoms with Crippen LogP contribution in [0.15, 0.2) is 12.1 Å². The average molecular weight is 285 g/mol. The third kappa shape index (κ3) is 2.45. The molecular formula is C9H8Cl3NO3. The number of aromatic hydroxyl groups is 1. The van der Waals surface area contributed by atoms with Crippen molar-refractivity contribution in [3.05, 3.63) is 27.7 Å². The predicted molar refractivity (Wildman–Crippen MR) is 62.6 cm³/mol. The molecule has 16 heavy (non-hydrogen) atoms. The van der Waals surface area contributed by atoms with Gasteiger partial charge in [-0.25, -0.2) is 4.79 Å². The van der Waals surface area contributed by atoms with E-state index in [0.29, 0.717) is 15.6 Å². The van der Waals surface area contributed by atoms with E-state index in [4.69, 9.17) is 27.9 Å². The lowest BCUT2D eigenvalue weighted by atomic mass is 10.1. The number of benzene rings is 1. The van der Waals surface area contributed by atoms with E-state index in [-0.39, 0.29) is 24.8 Å². The summed E-state index contributed by atoms with van der Waals surface area (Å²) in [6, 6.07) is 2.44. The summed E-state index contributed by atoms with van der Waals surface area (Å²) in [6.07, 6.45) is -0.523. The van der Waals surface area contributed by atoms with E-state index in [0.717, 1.165) is 0 Å². The van der Waals surface area contributed by atoms with Gasteiger partial charge in [0.25, 0.3) is 0 Å². The summed E-state index contributed by atoms with van der Waals surface area (Å²) in [7, 11) is 0. The normalized spacial score (nSPS) is 18.6. The molecule has 0 unspecified atom stereocenters. The molecule has 2 rings (SSSR count). The Bertz CT molecular complexity index is 401. The highest BCUT2D eigenvalue weighted by Gasteiger charge is 2.28. The Morgan fingerprint density at radius 3 is 2.62 bits per heavy atom. The minimum Gasteiger partial charge on any atom is -0.507 e. The van der Waals surface area contributed by atoms with Crippen molar-refractivity contribution in [3.63, 3.8) is 0 Å². The van der Waals surface area contributed by atoms with Gasteiger partial charge in [0.15, 0.2) is 0 Å². The fraction of sp³-hybridized carbons (Fsp3) is 0.222. The molecule has 1 heterocycles. The fourth-order valence-electron chi connectivity index (χ4n) is 1.46. The van der Waals surface area contributed by atoms with Crippen LogP contribution in [0.3, 0.4) is 0 Å². The topological polar surface area (TPSA) is 58.6 Å². The number of phenols is 1. The Morgan fingerprint density at radius 1 is 1.44 bits per heavy atom. The van der Waals surface area contributed by atoms with Gasteiger partial charge in [0.05, 0.1) is 11.1 Å². The monoisotopic (exact) mass is 283 g/mol. The number of carbonyl (C=O) groups excluding carboxylic acids is 1. The lowest BCUT2D eigenvalue weighted by molar-refractivity contribution is 0.177. The second-order valence-corrected chi connectivity index (χ2v) is 3.96. The number of halogens is 3. The summed E-state index contributed by atoms with van der Waals surface area (Å²) >= 11 is 11.6. The summed E-state index contributed by atoms with van der Waals surface area (Å²) in [6.45, 7) is 0.147. The number of carbonyl (C=O) groups is 1. The van der Waals surface area contributed by atoms with Gasteiger partial charge in [-0.2, -0.15) is 0 Å². The molecule has 1 fully saturated rings. The maximum Gasteiger partial charge on any atom is 0.407 e. The van der Waals surface area contributed by atoms with Crippen LogP contribution in [0.4, 0.5) is 4.79 Å². The van der Waals surface area contributed by atoms with E-state index < -0.39 is 12.1 Å². The third-order valence-corrected chi connectivity index (χ3v) is 2.63. The molecule has 4 nitrogen and oxygen atoms in total. The van der Waals surface area contributed by atoms with Crippen LogP contribution in [0.2, 0.25) is 10.0 Å². The number of rotatable bonds is 1. The first-order valence-corrected chi connectivity index (χ1v) is 4.94. The molecule has 2 N–H and O–H groups in total. The molecule has 88 valence electrons. The van der Waals surface area contributed by atoms with Crippen molar-refractivity contribution in [2.75, 3.05) is 6.61 Å². The number of hydrogen-bond acceptors (Lipinski definition) is 3. The zero-order valence-electron chi connectivity index (χ0n) is 7.87. The van der Waals surface area contributed by atoms with Crippen molar-refractivity contribution >= 4 is 41.7 Å². The zero-order chi connectivity index (χ0) is 11.0. The van der Waals surface area contributed by atoms with E-state index in [1.807, 2.05) is 0 Å². The van der Waals surface area contributed by atoms with Crippen LogP contribution in [0.1, 0.15) is 11.6 Å². The Morgan fingerprint density at radius 2 is 2.12 bits per heavy atom. The van der Waals surface area contributed by atoms with Gasteiger partial charge in [0, 0.05) is 10.6 Å². The summed E-state index contributed by atoms with van der Waals surface area (Å²) in [5.41, 5.74) is 0.423. The van der Waals surface area contributed by atoms with E-state index in [2.05, 4.69) is 5.32 Å². The van der Waals surface area contributed by atoms with Crippen LogP contribution in [0.25, 0.3) is 0 Å². The average Bonchev–Trinajstić information content (AvgIpc) is 2.49. The van der Waals surface area contributed by atoms with Crippen molar-refractivity contribution < 1.29 is 14.6 Å². The highest BCUT2D eigenvalue weighted by atomic mass is 35.5. The first-order chi connectivity index (χ1) is 7.08. The van der Waals surface area contributed by atoms with Gasteiger partial charge in [-0.15, -0.1) is 12.4 Å². The maximum absolute atomic E-state index is 10.8. The Labute approximate surface area is 108 Å². The highest BCUT2D eigenvalue weighted by Crippen LogP contribution is 2.35. The predicted octanol–water partition coefficient (Wildman–Crippen LogP) is 2.90. The summed E-state index contributed by atoms with van der Waals surface area (Å²) in [5.74, 6) is -0.0525. The van der Waals surface area contributed by atoms with E-state index in [9.17, 15) is 9.90 Å². The number of phenolic OH excluding ortho intramolecular Hbond substituents is 1. The molecule has 1 aromatic carbocycles. The molecule has 1 saturated heterocycles. The molecular weight excluding hydrogens is 276 g/mol. The lowest BCUT2D eigenvalue weighted by Crippen LogP contribution is -2.18. The van der Waals surface area contributed by atoms with Crippen LogP contribution in [-0.2, 0) is 4.74 Å². The fourth-order valence-corrected chi connectivity index (χ4v) is 2.07. The standard InChI is InChI=1S/C9H7Cl2NO3.ClH/c10-4-1-5(11)8(7(13)2-4)6-3-15-9(14)12-6;/h1-2,6,13H,3H2,(H,12,14);1H/t6-;/m0./s1. The first kappa shape index (κ1) is 13.2. The number of cyclic esters (lactones) is 1. The molecule has 0 aliphatic carbocycles. The zero-order valence-corrected chi connectivity index (χ0v) is 10.2. The number of hydrogen-bond donors (Lipinski definition) is 2. The van der Waals surface area contributed by atoms with Crippen LogP contribution < -0.4 is 5.32 Å². The van der Waals surface area contributed by atoms with Crippen molar-refractivity contribution in [1.29, 1.82) is 0 Å². The van der Waals surface area contributed by atoms with Crippen molar-refractivity contribution in [2.24, 2.45) is 0 Å². The van der Waals surface area contributed by atoms with Gasteiger partial charge >= 0.3 is 6.09 Å². The molecule has 0 radical (unpaired) electrons. The quantitative estimate of drug-likeness (QED) is 0.833. The molecule has 1 aliphatic heterocycles. The van der Waals surface area contributed by atoms with Crippen LogP contribution >= 0.6 is 35.6 Å². The summed E-state index contributed by atoms with van der Waals surface area (Å²) in [4.78, 5) is 10.8. The van der Waals surface area contributed by atoms with Gasteiger partial charge in [-0.1, -0.05) is 23.2 Å². The Balaban J connectivity index is 0.00000128. The van der Waals surface area contributed by atoms with E-state index >= 15 is 0 Å². The molecule has 0 bridgehead atoms. The minimum atomic E-state index is -0.523. The van der Waals surface area contributed by atoms with Gasteiger partial charge < -0.3 is 15.2 Å². The largest absolute Gasteiger partial charge is 0.507 e. The smallest absolute Gasteiger partial charge is 0.407 e. The summed E-state index contributed by atoms with van der Waals surface area (Å²) < 4.78 is 4.71. The van der Waals surface area contributed by atoms with Gasteiger partial charge in [-0.3, -0.25) is 0 Å². The number of ether oxygens (including phenoxy) is 1. The van der Waals surface area contributed by atoms with E-state index in [1.54, 1.807) is 0 Å². The van der Waals surface area contributed by atoms with Crippen LogP contribution in [-0.4, -0.2) is 17.8 Å².